The Balaban J connectivity index is 2.85. The molecule has 0 N–H and O–H groups in total. The Hall–Kier alpha value is -0.0400. The van der Waals surface area contributed by atoms with Crippen LogP contribution in [0.3, 0.4) is 0 Å². The summed E-state index contributed by atoms with van der Waals surface area (Å²) in [6, 6.07) is 0. The molecule has 0 aromatic rings. The fourth-order valence-corrected chi connectivity index (χ4v) is 1.49. The minimum absolute atomic E-state index is 0.847. The molecule has 0 saturated heterocycles. The molecule has 1 heteroatoms. The van der Waals surface area contributed by atoms with Crippen LogP contribution >= 0.6 is 0 Å². The molecule has 0 spiro atoms. The molecule has 0 aliphatic heterocycles. The third kappa shape index (κ3) is 12.0. The highest BCUT2D eigenvalue weighted by Gasteiger charge is 1.94. The molecule has 0 aliphatic rings. The van der Waals surface area contributed by atoms with Gasteiger partial charge in [-0.2, -0.15) is 0 Å². The van der Waals surface area contributed by atoms with Gasteiger partial charge in [0.25, 0.3) is 0 Å². The summed E-state index contributed by atoms with van der Waals surface area (Å²) in [6.07, 6.45) is 9.17. The van der Waals surface area contributed by atoms with E-state index in [0.29, 0.717) is 0 Å². The van der Waals surface area contributed by atoms with Gasteiger partial charge < -0.3 is 4.74 Å². The average molecular weight is 200 g/mol. The Kier molecular flexibility index (Phi) is 11.0. The van der Waals surface area contributed by atoms with E-state index in [1.165, 1.54) is 44.9 Å². The van der Waals surface area contributed by atoms with Crippen LogP contribution in [-0.2, 0) is 4.74 Å². The maximum atomic E-state index is 5.56. The smallest absolute Gasteiger partial charge is 0.0466 e. The third-order valence-electron chi connectivity index (χ3n) is 2.46. The van der Waals surface area contributed by atoms with Crippen molar-refractivity contribution in [2.24, 2.45) is 5.92 Å². The zero-order chi connectivity index (χ0) is 10.6. The molecule has 14 heavy (non-hydrogen) atoms. The van der Waals surface area contributed by atoms with Crippen molar-refractivity contribution in [1.29, 1.82) is 0 Å². The van der Waals surface area contributed by atoms with Gasteiger partial charge in [0.15, 0.2) is 0 Å². The predicted molar refractivity (Wildman–Crippen MR) is 63.7 cm³/mol. The van der Waals surface area contributed by atoms with Gasteiger partial charge in [-0.15, -0.1) is 0 Å². The summed E-state index contributed by atoms with van der Waals surface area (Å²) in [6.45, 7) is 8.75. The van der Waals surface area contributed by atoms with Crippen LogP contribution in [0.5, 0.6) is 0 Å². The quantitative estimate of drug-likeness (QED) is 0.475. The molecule has 0 radical (unpaired) electrons. The van der Waals surface area contributed by atoms with Crippen molar-refractivity contribution in [3.8, 4) is 0 Å². The molecule has 0 aromatic heterocycles. The summed E-state index contributed by atoms with van der Waals surface area (Å²) < 4.78 is 5.56. The third-order valence-corrected chi connectivity index (χ3v) is 2.46. The van der Waals surface area contributed by atoms with E-state index in [1.54, 1.807) is 0 Å². The van der Waals surface area contributed by atoms with Crippen molar-refractivity contribution in [1.82, 2.24) is 0 Å². The van der Waals surface area contributed by atoms with E-state index in [4.69, 9.17) is 4.74 Å². The maximum absolute atomic E-state index is 5.56. The normalized spacial score (nSPS) is 11.1. The Labute approximate surface area is 90.2 Å². The minimum Gasteiger partial charge on any atom is -0.381 e. The highest BCUT2D eigenvalue weighted by atomic mass is 16.5. The maximum Gasteiger partial charge on any atom is 0.0466 e. The van der Waals surface area contributed by atoms with Gasteiger partial charge in [0.2, 0.25) is 0 Å². The second kappa shape index (κ2) is 11.0. The molecular weight excluding hydrogens is 172 g/mol. The van der Waals surface area contributed by atoms with Crippen LogP contribution < -0.4 is 0 Å². The predicted octanol–water partition coefficient (Wildman–Crippen LogP) is 4.41. The van der Waals surface area contributed by atoms with E-state index in [1.807, 2.05) is 0 Å². The van der Waals surface area contributed by atoms with Gasteiger partial charge in [0, 0.05) is 13.2 Å². The first kappa shape index (κ1) is 14.0. The highest BCUT2D eigenvalue weighted by molar-refractivity contribution is 4.46. The van der Waals surface area contributed by atoms with Crippen LogP contribution in [0.2, 0.25) is 0 Å². The molecule has 0 heterocycles. The van der Waals surface area contributed by atoms with Crippen molar-refractivity contribution < 1.29 is 4.74 Å². The number of hydrogen-bond acceptors (Lipinski definition) is 1. The van der Waals surface area contributed by atoms with Gasteiger partial charge in [-0.25, -0.2) is 0 Å². The van der Waals surface area contributed by atoms with E-state index in [-0.39, 0.29) is 0 Å². The molecule has 0 fully saturated rings. The second-order valence-electron chi connectivity index (χ2n) is 4.56. The van der Waals surface area contributed by atoms with Crippen molar-refractivity contribution >= 4 is 0 Å². The van der Waals surface area contributed by atoms with Gasteiger partial charge in [-0.3, -0.25) is 0 Å². The molecule has 1 nitrogen and oxygen atoms in total. The van der Waals surface area contributed by atoms with Crippen LogP contribution in [-0.4, -0.2) is 13.2 Å². The molecule has 0 atom stereocenters. The zero-order valence-electron chi connectivity index (χ0n) is 10.3. The van der Waals surface area contributed by atoms with Gasteiger partial charge in [0.05, 0.1) is 0 Å². The van der Waals surface area contributed by atoms with E-state index in [0.717, 1.165) is 19.1 Å². The van der Waals surface area contributed by atoms with Crippen LogP contribution in [0.25, 0.3) is 0 Å². The molecule has 0 amide bonds. The molecule has 0 bridgehead atoms. The van der Waals surface area contributed by atoms with Crippen molar-refractivity contribution in [3.63, 3.8) is 0 Å². The summed E-state index contributed by atoms with van der Waals surface area (Å²) >= 11 is 0. The first-order chi connectivity index (χ1) is 6.77. The highest BCUT2D eigenvalue weighted by Crippen LogP contribution is 2.06. The van der Waals surface area contributed by atoms with Gasteiger partial charge in [-0.1, -0.05) is 52.9 Å². The number of hydrogen-bond donors (Lipinski definition) is 0. The Morgan fingerprint density at radius 2 is 1.50 bits per heavy atom. The average Bonchev–Trinajstić information content (AvgIpc) is 2.15. The van der Waals surface area contributed by atoms with Crippen LogP contribution in [0, 0.1) is 5.92 Å². The summed E-state index contributed by atoms with van der Waals surface area (Å²) in [4.78, 5) is 0. The Bertz CT molecular complexity index is 99.4. The first-order valence-corrected chi connectivity index (χ1v) is 6.35. The molecule has 86 valence electrons. The lowest BCUT2D eigenvalue weighted by Crippen LogP contribution is -1.98. The van der Waals surface area contributed by atoms with E-state index in [2.05, 4.69) is 20.8 Å². The van der Waals surface area contributed by atoms with Crippen molar-refractivity contribution in [2.75, 3.05) is 13.2 Å². The summed E-state index contributed by atoms with van der Waals surface area (Å²) in [5.74, 6) is 0.847. The van der Waals surface area contributed by atoms with E-state index < -0.39 is 0 Å². The van der Waals surface area contributed by atoms with Crippen molar-refractivity contribution in [3.05, 3.63) is 0 Å². The summed E-state index contributed by atoms with van der Waals surface area (Å²) in [5.41, 5.74) is 0. The van der Waals surface area contributed by atoms with E-state index in [9.17, 15) is 0 Å². The zero-order valence-corrected chi connectivity index (χ0v) is 10.3. The van der Waals surface area contributed by atoms with Gasteiger partial charge >= 0.3 is 0 Å². The summed E-state index contributed by atoms with van der Waals surface area (Å²) in [5, 5.41) is 0. The van der Waals surface area contributed by atoms with Gasteiger partial charge in [0.1, 0.15) is 0 Å². The lowest BCUT2D eigenvalue weighted by Gasteiger charge is -2.05. The topological polar surface area (TPSA) is 9.23 Å². The van der Waals surface area contributed by atoms with Crippen LogP contribution in [0.4, 0.5) is 0 Å². The van der Waals surface area contributed by atoms with Crippen LogP contribution in [0.1, 0.15) is 65.7 Å². The molecule has 0 rings (SSSR count). The van der Waals surface area contributed by atoms with Crippen LogP contribution in [0.15, 0.2) is 0 Å². The Morgan fingerprint density at radius 3 is 2.07 bits per heavy atom. The second-order valence-corrected chi connectivity index (χ2v) is 4.56. The fourth-order valence-electron chi connectivity index (χ4n) is 1.49. The molecular formula is C13H28O. The fraction of sp³-hybridized carbons (Fsp3) is 1.00. The number of ether oxygens (including phenoxy) is 1. The monoisotopic (exact) mass is 200 g/mol. The van der Waals surface area contributed by atoms with E-state index >= 15 is 0 Å². The lowest BCUT2D eigenvalue weighted by atomic mass is 10.1. The first-order valence-electron chi connectivity index (χ1n) is 6.35. The van der Waals surface area contributed by atoms with Crippen molar-refractivity contribution in [2.45, 2.75) is 65.7 Å². The lowest BCUT2D eigenvalue weighted by molar-refractivity contribution is 0.125. The van der Waals surface area contributed by atoms with Gasteiger partial charge in [-0.05, 0) is 18.8 Å². The molecule has 0 saturated carbocycles. The Morgan fingerprint density at radius 1 is 0.857 bits per heavy atom. The standard InChI is InChI=1S/C13H28O/c1-4-5-6-8-11-14-12-9-7-10-13(2)3/h13H,4-12H2,1-3H3. The largest absolute Gasteiger partial charge is 0.381 e. The number of unbranched alkanes of at least 4 members (excludes halogenated alkanes) is 4. The molecule has 0 aliphatic carbocycles. The SMILES string of the molecule is CCCCCCOCCCCC(C)C. The molecule has 0 aromatic carbocycles. The minimum atomic E-state index is 0.847. The number of rotatable bonds is 10. The molecule has 0 unspecified atom stereocenters. The summed E-state index contributed by atoms with van der Waals surface area (Å²) in [7, 11) is 0.